The van der Waals surface area contributed by atoms with Crippen LogP contribution in [0.25, 0.3) is 0 Å². The van der Waals surface area contributed by atoms with E-state index in [1.807, 2.05) is 42.1 Å². The van der Waals surface area contributed by atoms with Crippen LogP contribution in [0.3, 0.4) is 0 Å². The Morgan fingerprint density at radius 3 is 2.63 bits per heavy atom. The maximum absolute atomic E-state index is 6.24. The molecule has 2 N–H and O–H groups in total. The van der Waals surface area contributed by atoms with Crippen molar-refractivity contribution >= 4 is 11.6 Å². The van der Waals surface area contributed by atoms with Crippen LogP contribution >= 0.6 is 11.6 Å². The van der Waals surface area contributed by atoms with Gasteiger partial charge >= 0.3 is 0 Å². The van der Waals surface area contributed by atoms with E-state index in [1.54, 1.807) is 0 Å². The van der Waals surface area contributed by atoms with Crippen molar-refractivity contribution in [2.24, 2.45) is 5.73 Å². The van der Waals surface area contributed by atoms with Gasteiger partial charge in [-0.2, -0.15) is 5.10 Å². The molecular formula is C15H20ClN3. The smallest absolute Gasteiger partial charge is 0.0643 e. The van der Waals surface area contributed by atoms with Gasteiger partial charge in [0.2, 0.25) is 0 Å². The second-order valence-electron chi connectivity index (χ2n) is 5.20. The van der Waals surface area contributed by atoms with Gasteiger partial charge in [-0.05, 0) is 44.0 Å². The lowest BCUT2D eigenvalue weighted by Gasteiger charge is -2.12. The molecule has 0 aliphatic carbocycles. The van der Waals surface area contributed by atoms with Crippen LogP contribution in [0.1, 0.15) is 42.8 Å². The molecule has 0 saturated carbocycles. The average molecular weight is 278 g/mol. The summed E-state index contributed by atoms with van der Waals surface area (Å²) in [7, 11) is 0. The highest BCUT2D eigenvalue weighted by Gasteiger charge is 2.11. The number of benzene rings is 1. The first kappa shape index (κ1) is 14.1. The summed E-state index contributed by atoms with van der Waals surface area (Å²) in [4.78, 5) is 0. The van der Waals surface area contributed by atoms with Gasteiger partial charge in [-0.25, -0.2) is 0 Å². The maximum atomic E-state index is 6.24. The summed E-state index contributed by atoms with van der Waals surface area (Å²) in [6.45, 7) is 6.21. The van der Waals surface area contributed by atoms with E-state index in [0.29, 0.717) is 6.04 Å². The van der Waals surface area contributed by atoms with Gasteiger partial charge in [-0.3, -0.25) is 4.68 Å². The molecule has 4 heteroatoms. The Bertz CT molecular complexity index is 560. The van der Waals surface area contributed by atoms with Crippen LogP contribution in [0.4, 0.5) is 0 Å². The van der Waals surface area contributed by atoms with Crippen LogP contribution in [0.2, 0.25) is 5.02 Å². The first-order valence-corrected chi connectivity index (χ1v) is 6.91. The molecule has 1 unspecified atom stereocenters. The third kappa shape index (κ3) is 3.37. The summed E-state index contributed by atoms with van der Waals surface area (Å²) in [5.41, 5.74) is 9.42. The van der Waals surface area contributed by atoms with Crippen LogP contribution in [-0.4, -0.2) is 9.78 Å². The van der Waals surface area contributed by atoms with Crippen LogP contribution in [0, 0.1) is 6.92 Å². The molecule has 2 rings (SSSR count). The molecule has 1 aromatic heterocycles. The van der Waals surface area contributed by atoms with Crippen LogP contribution in [0.15, 0.2) is 30.5 Å². The van der Waals surface area contributed by atoms with Gasteiger partial charge in [0.25, 0.3) is 0 Å². The zero-order valence-corrected chi connectivity index (χ0v) is 12.4. The molecule has 0 bridgehead atoms. The minimum Gasteiger partial charge on any atom is -0.324 e. The Kier molecular flexibility index (Phi) is 4.27. The highest BCUT2D eigenvalue weighted by atomic mass is 35.5. The summed E-state index contributed by atoms with van der Waals surface area (Å²) < 4.78 is 1.95. The Balaban J connectivity index is 2.11. The zero-order chi connectivity index (χ0) is 14.0. The Morgan fingerprint density at radius 2 is 2.05 bits per heavy atom. The number of nitrogens with two attached hydrogens (primary N) is 1. The lowest BCUT2D eigenvalue weighted by atomic mass is 10.0. The molecule has 0 amide bonds. The van der Waals surface area contributed by atoms with E-state index in [0.717, 1.165) is 28.3 Å². The quantitative estimate of drug-likeness (QED) is 0.927. The third-order valence-electron chi connectivity index (χ3n) is 3.23. The monoisotopic (exact) mass is 277 g/mol. The second kappa shape index (κ2) is 5.76. The summed E-state index contributed by atoms with van der Waals surface area (Å²) in [6.07, 6.45) is 2.74. The number of hydrogen-bond donors (Lipinski definition) is 1. The van der Waals surface area contributed by atoms with E-state index in [1.165, 1.54) is 0 Å². The molecule has 102 valence electrons. The van der Waals surface area contributed by atoms with Gasteiger partial charge in [0, 0.05) is 29.7 Å². The van der Waals surface area contributed by atoms with Crippen LogP contribution in [0.5, 0.6) is 0 Å². The molecular weight excluding hydrogens is 258 g/mol. The first-order chi connectivity index (χ1) is 8.97. The second-order valence-corrected chi connectivity index (χ2v) is 5.61. The number of rotatable bonds is 4. The predicted octanol–water partition coefficient (Wildman–Crippen LogP) is 3.67. The van der Waals surface area contributed by atoms with E-state index >= 15 is 0 Å². The molecule has 0 saturated heterocycles. The largest absolute Gasteiger partial charge is 0.324 e. The molecule has 0 radical (unpaired) electrons. The van der Waals surface area contributed by atoms with E-state index in [4.69, 9.17) is 17.3 Å². The Labute approximate surface area is 119 Å². The van der Waals surface area contributed by atoms with E-state index < -0.39 is 0 Å². The fourth-order valence-electron chi connectivity index (χ4n) is 2.02. The maximum Gasteiger partial charge on any atom is 0.0643 e. The lowest BCUT2D eigenvalue weighted by molar-refractivity contribution is 0.522. The molecule has 1 aromatic carbocycles. The number of aryl methyl sites for hydroxylation is 1. The minimum absolute atomic E-state index is 0.0496. The molecule has 3 nitrogen and oxygen atoms in total. The highest BCUT2D eigenvalue weighted by Crippen LogP contribution is 2.21. The molecule has 0 spiro atoms. The van der Waals surface area contributed by atoms with Crippen molar-refractivity contribution in [1.82, 2.24) is 9.78 Å². The molecule has 1 heterocycles. The molecule has 0 aliphatic rings. The van der Waals surface area contributed by atoms with Gasteiger partial charge in [0.05, 0.1) is 5.69 Å². The average Bonchev–Trinajstić information content (AvgIpc) is 2.81. The van der Waals surface area contributed by atoms with Crippen molar-refractivity contribution in [1.29, 1.82) is 0 Å². The van der Waals surface area contributed by atoms with Gasteiger partial charge in [0.1, 0.15) is 0 Å². The van der Waals surface area contributed by atoms with Gasteiger partial charge < -0.3 is 5.73 Å². The lowest BCUT2D eigenvalue weighted by Crippen LogP contribution is -2.14. The van der Waals surface area contributed by atoms with Crippen molar-refractivity contribution < 1.29 is 0 Å². The number of hydrogen-bond acceptors (Lipinski definition) is 2. The third-order valence-corrected chi connectivity index (χ3v) is 3.66. The van der Waals surface area contributed by atoms with Crippen molar-refractivity contribution in [2.45, 2.75) is 39.3 Å². The molecule has 2 aromatic rings. The Hall–Kier alpha value is -1.32. The molecule has 0 aliphatic heterocycles. The summed E-state index contributed by atoms with van der Waals surface area (Å²) in [5, 5.41) is 5.30. The Morgan fingerprint density at radius 1 is 1.32 bits per heavy atom. The fourth-order valence-corrected chi connectivity index (χ4v) is 2.13. The van der Waals surface area contributed by atoms with E-state index in [-0.39, 0.29) is 6.04 Å². The first-order valence-electron chi connectivity index (χ1n) is 6.53. The SMILES string of the molecule is Cc1cc(C(N)Cc2ccn(C(C)C)n2)ccc1Cl. The number of aromatic nitrogens is 2. The standard InChI is InChI=1S/C15H20ClN3/c1-10(2)19-7-6-13(18-19)9-15(17)12-4-5-14(16)11(3)8-12/h4-8,10,15H,9,17H2,1-3H3. The zero-order valence-electron chi connectivity index (χ0n) is 11.6. The summed E-state index contributed by atoms with van der Waals surface area (Å²) in [6, 6.07) is 8.29. The number of halogens is 1. The van der Waals surface area contributed by atoms with Crippen molar-refractivity contribution in [3.63, 3.8) is 0 Å². The van der Waals surface area contributed by atoms with Crippen LogP contribution < -0.4 is 5.73 Å². The van der Waals surface area contributed by atoms with Gasteiger partial charge in [0.15, 0.2) is 0 Å². The molecule has 1 atom stereocenters. The normalized spacial score (nSPS) is 12.9. The fraction of sp³-hybridized carbons (Fsp3) is 0.400. The minimum atomic E-state index is -0.0496. The number of nitrogens with zero attached hydrogens (tertiary/aromatic N) is 2. The van der Waals surface area contributed by atoms with E-state index in [2.05, 4.69) is 18.9 Å². The van der Waals surface area contributed by atoms with Gasteiger partial charge in [-0.1, -0.05) is 23.7 Å². The predicted molar refractivity (Wildman–Crippen MR) is 79.4 cm³/mol. The van der Waals surface area contributed by atoms with Crippen LogP contribution in [-0.2, 0) is 6.42 Å². The topological polar surface area (TPSA) is 43.8 Å². The van der Waals surface area contributed by atoms with E-state index in [9.17, 15) is 0 Å². The highest BCUT2D eigenvalue weighted by molar-refractivity contribution is 6.31. The van der Waals surface area contributed by atoms with Crippen molar-refractivity contribution in [3.05, 3.63) is 52.3 Å². The summed E-state index contributed by atoms with van der Waals surface area (Å²) in [5.74, 6) is 0. The van der Waals surface area contributed by atoms with Crippen molar-refractivity contribution in [2.75, 3.05) is 0 Å². The molecule has 0 fully saturated rings. The molecule has 19 heavy (non-hydrogen) atoms. The summed E-state index contributed by atoms with van der Waals surface area (Å²) >= 11 is 6.03. The van der Waals surface area contributed by atoms with Gasteiger partial charge in [-0.15, -0.1) is 0 Å². The van der Waals surface area contributed by atoms with Crippen molar-refractivity contribution in [3.8, 4) is 0 Å².